The molecule has 2 aliphatic rings. The van der Waals surface area contributed by atoms with Crippen LogP contribution < -0.4 is 20.9 Å². The van der Waals surface area contributed by atoms with Crippen LogP contribution in [0.5, 0.6) is 0 Å². The van der Waals surface area contributed by atoms with Crippen LogP contribution in [0.1, 0.15) is 36.8 Å². The van der Waals surface area contributed by atoms with Crippen LogP contribution in [0.25, 0.3) is 10.9 Å². The van der Waals surface area contributed by atoms with E-state index in [1.807, 2.05) is 30.6 Å². The highest BCUT2D eigenvalue weighted by Gasteiger charge is 2.27. The second-order valence-electron chi connectivity index (χ2n) is 8.79. The quantitative estimate of drug-likeness (QED) is 0.590. The largest absolute Gasteiger partial charge is 0.368 e. The molecule has 0 radical (unpaired) electrons. The van der Waals surface area contributed by atoms with Crippen molar-refractivity contribution in [3.05, 3.63) is 42.4 Å². The minimum Gasteiger partial charge on any atom is -0.368 e. The van der Waals surface area contributed by atoms with E-state index < -0.39 is 0 Å². The molecule has 5 rings (SSSR count). The number of anilines is 3. The SMILES string of the molecule is CC(C)CC1CNC(=O)c2cc3cnc(Nc4ccc(N5CCNCC5)cn4)cc3n21. The molecular weight excluding hydrogens is 390 g/mol. The Bertz CT molecular complexity index is 1080. The summed E-state index contributed by atoms with van der Waals surface area (Å²) in [7, 11) is 0. The number of nitrogens with one attached hydrogen (secondary N) is 3. The Balaban J connectivity index is 1.41. The van der Waals surface area contributed by atoms with Gasteiger partial charge in [0, 0.05) is 50.4 Å². The summed E-state index contributed by atoms with van der Waals surface area (Å²) in [6.07, 6.45) is 4.75. The molecule has 162 valence electrons. The molecule has 0 aliphatic carbocycles. The van der Waals surface area contributed by atoms with Crippen molar-refractivity contribution in [3.8, 4) is 0 Å². The van der Waals surface area contributed by atoms with Crippen LogP contribution in [0.2, 0.25) is 0 Å². The predicted octanol–water partition coefficient (Wildman–Crippen LogP) is 2.92. The van der Waals surface area contributed by atoms with Gasteiger partial charge >= 0.3 is 0 Å². The number of hydrogen-bond acceptors (Lipinski definition) is 6. The monoisotopic (exact) mass is 419 g/mol. The second-order valence-corrected chi connectivity index (χ2v) is 8.79. The third kappa shape index (κ3) is 3.95. The maximum Gasteiger partial charge on any atom is 0.268 e. The van der Waals surface area contributed by atoms with Crippen LogP contribution in [-0.2, 0) is 0 Å². The summed E-state index contributed by atoms with van der Waals surface area (Å²) in [4.78, 5) is 23.9. The summed E-state index contributed by atoms with van der Waals surface area (Å²) in [6.45, 7) is 9.09. The molecule has 5 heterocycles. The Morgan fingerprint density at radius 2 is 1.94 bits per heavy atom. The molecule has 8 nitrogen and oxygen atoms in total. The van der Waals surface area contributed by atoms with Crippen molar-refractivity contribution < 1.29 is 4.79 Å². The van der Waals surface area contributed by atoms with Gasteiger partial charge in [-0.2, -0.15) is 0 Å². The fourth-order valence-corrected chi connectivity index (χ4v) is 4.59. The number of carbonyl (C=O) groups is 1. The molecule has 3 aromatic rings. The van der Waals surface area contributed by atoms with Gasteiger partial charge in [-0.3, -0.25) is 4.79 Å². The van der Waals surface area contributed by atoms with Gasteiger partial charge in [0.25, 0.3) is 5.91 Å². The average Bonchev–Trinajstić information content (AvgIpc) is 3.17. The molecule has 0 saturated carbocycles. The number of aromatic nitrogens is 3. The van der Waals surface area contributed by atoms with E-state index in [0.29, 0.717) is 18.2 Å². The third-order valence-corrected chi connectivity index (χ3v) is 6.05. The van der Waals surface area contributed by atoms with E-state index in [1.165, 1.54) is 0 Å². The highest BCUT2D eigenvalue weighted by Crippen LogP contribution is 2.31. The number of pyridine rings is 2. The fourth-order valence-electron chi connectivity index (χ4n) is 4.59. The van der Waals surface area contributed by atoms with Gasteiger partial charge in [0.2, 0.25) is 0 Å². The summed E-state index contributed by atoms with van der Waals surface area (Å²) in [5.74, 6) is 2.01. The lowest BCUT2D eigenvalue weighted by atomic mass is 10.0. The Morgan fingerprint density at radius 1 is 1.13 bits per heavy atom. The molecule has 0 spiro atoms. The molecule has 8 heteroatoms. The van der Waals surface area contributed by atoms with Crippen molar-refractivity contribution in [2.75, 3.05) is 42.9 Å². The number of rotatable bonds is 5. The number of carbonyl (C=O) groups excluding carboxylic acids is 1. The van der Waals surface area contributed by atoms with Crippen LogP contribution in [0.3, 0.4) is 0 Å². The normalized spacial score (nSPS) is 18.9. The smallest absolute Gasteiger partial charge is 0.268 e. The number of piperazine rings is 1. The standard InChI is InChI=1S/C23H29N7O/c1-15(2)9-18-14-27-23(31)20-10-16-12-25-22(11-19(16)30(18)20)28-21-4-3-17(13-26-21)29-7-5-24-6-8-29/h3-4,10-13,15,18,24H,5-9,14H2,1-2H3,(H,27,31)(H,25,26,28). The molecule has 1 unspecified atom stereocenters. The van der Waals surface area contributed by atoms with Crippen molar-refractivity contribution in [2.45, 2.75) is 26.3 Å². The lowest BCUT2D eigenvalue weighted by Gasteiger charge is -2.29. The first-order valence-electron chi connectivity index (χ1n) is 11.1. The first-order chi connectivity index (χ1) is 15.1. The maximum atomic E-state index is 12.4. The van der Waals surface area contributed by atoms with Gasteiger partial charge in [0.05, 0.1) is 23.4 Å². The van der Waals surface area contributed by atoms with Gasteiger partial charge in [-0.25, -0.2) is 9.97 Å². The summed E-state index contributed by atoms with van der Waals surface area (Å²) in [6, 6.07) is 8.30. The lowest BCUT2D eigenvalue weighted by Crippen LogP contribution is -2.43. The molecule has 3 aromatic heterocycles. The van der Waals surface area contributed by atoms with Crippen molar-refractivity contribution in [1.82, 2.24) is 25.2 Å². The zero-order valence-electron chi connectivity index (χ0n) is 18.1. The van der Waals surface area contributed by atoms with E-state index in [1.54, 1.807) is 0 Å². The van der Waals surface area contributed by atoms with E-state index in [0.717, 1.165) is 60.8 Å². The Morgan fingerprint density at radius 3 is 2.68 bits per heavy atom. The molecular formula is C23H29N7O. The zero-order chi connectivity index (χ0) is 21.4. The molecule has 3 N–H and O–H groups in total. The molecule has 0 bridgehead atoms. The van der Waals surface area contributed by atoms with Crippen molar-refractivity contribution >= 4 is 34.1 Å². The van der Waals surface area contributed by atoms with Crippen molar-refractivity contribution in [1.29, 1.82) is 0 Å². The van der Waals surface area contributed by atoms with Crippen LogP contribution >= 0.6 is 0 Å². The number of hydrogen-bond donors (Lipinski definition) is 3. The van der Waals surface area contributed by atoms with Gasteiger partial charge in [0.1, 0.15) is 17.3 Å². The summed E-state index contributed by atoms with van der Waals surface area (Å²) < 4.78 is 2.18. The van der Waals surface area contributed by atoms with E-state index in [2.05, 4.69) is 55.3 Å². The number of nitrogens with zero attached hydrogens (tertiary/aromatic N) is 4. The van der Waals surface area contributed by atoms with E-state index in [-0.39, 0.29) is 11.9 Å². The highest BCUT2D eigenvalue weighted by molar-refractivity contribution is 6.00. The molecule has 1 atom stereocenters. The van der Waals surface area contributed by atoms with Gasteiger partial charge in [0.15, 0.2) is 0 Å². The lowest BCUT2D eigenvalue weighted by molar-refractivity contribution is 0.0912. The van der Waals surface area contributed by atoms with Crippen LogP contribution in [-0.4, -0.2) is 53.2 Å². The van der Waals surface area contributed by atoms with Gasteiger partial charge < -0.3 is 25.4 Å². The first-order valence-corrected chi connectivity index (χ1v) is 11.1. The Labute approximate surface area is 182 Å². The fraction of sp³-hybridized carbons (Fsp3) is 0.435. The summed E-state index contributed by atoms with van der Waals surface area (Å²) in [5, 5.41) is 10.7. The van der Waals surface area contributed by atoms with Crippen LogP contribution in [0, 0.1) is 5.92 Å². The van der Waals surface area contributed by atoms with E-state index in [9.17, 15) is 4.79 Å². The van der Waals surface area contributed by atoms with E-state index >= 15 is 0 Å². The Kier molecular flexibility index (Phi) is 5.23. The summed E-state index contributed by atoms with van der Waals surface area (Å²) in [5.41, 5.74) is 2.88. The van der Waals surface area contributed by atoms with Crippen molar-refractivity contribution in [2.24, 2.45) is 5.92 Å². The molecule has 31 heavy (non-hydrogen) atoms. The maximum absolute atomic E-state index is 12.4. The zero-order valence-corrected chi connectivity index (χ0v) is 18.1. The Hall–Kier alpha value is -3.13. The van der Waals surface area contributed by atoms with Gasteiger partial charge in [-0.05, 0) is 30.5 Å². The third-order valence-electron chi connectivity index (χ3n) is 6.05. The molecule has 2 aliphatic heterocycles. The van der Waals surface area contributed by atoms with E-state index in [4.69, 9.17) is 0 Å². The minimum absolute atomic E-state index is 0.0177. The van der Waals surface area contributed by atoms with Crippen LogP contribution in [0.15, 0.2) is 36.7 Å². The summed E-state index contributed by atoms with van der Waals surface area (Å²) >= 11 is 0. The van der Waals surface area contributed by atoms with Gasteiger partial charge in [-0.1, -0.05) is 13.8 Å². The number of amides is 1. The minimum atomic E-state index is -0.0177. The topological polar surface area (TPSA) is 87.1 Å². The number of fused-ring (bicyclic) bond motifs is 3. The molecule has 1 amide bonds. The highest BCUT2D eigenvalue weighted by atomic mass is 16.2. The molecule has 0 aromatic carbocycles. The first kappa shape index (κ1) is 19.8. The predicted molar refractivity (Wildman–Crippen MR) is 123 cm³/mol. The average molecular weight is 420 g/mol. The second kappa shape index (κ2) is 8.19. The van der Waals surface area contributed by atoms with Crippen molar-refractivity contribution in [3.63, 3.8) is 0 Å². The molecule has 1 fully saturated rings. The molecule has 1 saturated heterocycles. The van der Waals surface area contributed by atoms with Gasteiger partial charge in [-0.15, -0.1) is 0 Å². The van der Waals surface area contributed by atoms with Crippen LogP contribution in [0.4, 0.5) is 17.3 Å².